The van der Waals surface area contributed by atoms with Crippen LogP contribution in [-0.4, -0.2) is 15.3 Å². The lowest BCUT2D eigenvalue weighted by Crippen LogP contribution is -2.30. The van der Waals surface area contributed by atoms with Gasteiger partial charge >= 0.3 is 0 Å². The molecule has 0 fully saturated rings. The van der Waals surface area contributed by atoms with Crippen LogP contribution in [0.3, 0.4) is 0 Å². The minimum Gasteiger partial charge on any atom is -0.300 e. The van der Waals surface area contributed by atoms with Crippen molar-refractivity contribution in [2.24, 2.45) is 0 Å². The van der Waals surface area contributed by atoms with Gasteiger partial charge in [-0.05, 0) is 37.8 Å². The van der Waals surface area contributed by atoms with E-state index in [0.29, 0.717) is 0 Å². The van der Waals surface area contributed by atoms with Gasteiger partial charge in [0.15, 0.2) is 0 Å². The molecular formula is C28H38N2O2. The van der Waals surface area contributed by atoms with Crippen LogP contribution in [0.25, 0.3) is 0 Å². The molecule has 0 saturated carbocycles. The monoisotopic (exact) mass is 434 g/mol. The van der Waals surface area contributed by atoms with E-state index in [1.54, 1.807) is 10.9 Å². The molecule has 2 aromatic carbocycles. The molecule has 0 N–H and O–H groups in total. The summed E-state index contributed by atoms with van der Waals surface area (Å²) in [7, 11) is 0. The van der Waals surface area contributed by atoms with Gasteiger partial charge in [0.05, 0.1) is 18.1 Å². The van der Waals surface area contributed by atoms with Gasteiger partial charge in [0.25, 0.3) is 5.56 Å². The van der Waals surface area contributed by atoms with Crippen molar-refractivity contribution in [3.05, 3.63) is 99.7 Å². The summed E-state index contributed by atoms with van der Waals surface area (Å²) in [5.41, 5.74) is 4.02. The van der Waals surface area contributed by atoms with Crippen LogP contribution in [0.2, 0.25) is 0 Å². The van der Waals surface area contributed by atoms with E-state index in [-0.39, 0.29) is 17.4 Å². The molecule has 0 radical (unpaired) electrons. The topological polar surface area (TPSA) is 52.0 Å². The molecule has 3 rings (SSSR count). The summed E-state index contributed by atoms with van der Waals surface area (Å²) in [5, 5.41) is 0. The fraction of sp³-hybridized carbons (Fsp3) is 0.393. The number of hydrogen-bond donors (Lipinski definition) is 0. The van der Waals surface area contributed by atoms with E-state index in [1.165, 1.54) is 20.3 Å². The maximum atomic E-state index is 13.2. The Kier molecular flexibility index (Phi) is 12.6. The first-order valence-corrected chi connectivity index (χ1v) is 11.6. The highest BCUT2D eigenvalue weighted by Gasteiger charge is 2.20. The summed E-state index contributed by atoms with van der Waals surface area (Å²) in [6.45, 7) is 11.5. The van der Waals surface area contributed by atoms with E-state index in [9.17, 15) is 9.59 Å². The minimum atomic E-state index is -0.163. The van der Waals surface area contributed by atoms with E-state index in [4.69, 9.17) is 0 Å². The third kappa shape index (κ3) is 8.26. The quantitative estimate of drug-likeness (QED) is 0.450. The predicted molar refractivity (Wildman–Crippen MR) is 134 cm³/mol. The molecule has 32 heavy (non-hydrogen) atoms. The number of nitrogens with zero attached hydrogens (tertiary/aromatic N) is 2. The minimum absolute atomic E-state index is 0.0754. The predicted octanol–water partition coefficient (Wildman–Crippen LogP) is 6.41. The molecule has 1 heterocycles. The van der Waals surface area contributed by atoms with Crippen molar-refractivity contribution in [1.82, 2.24) is 9.55 Å². The molecule has 0 aliphatic rings. The number of carbonyl (C=O) groups is 1. The third-order valence-corrected chi connectivity index (χ3v) is 4.52. The lowest BCUT2D eigenvalue weighted by atomic mass is 9.98. The highest BCUT2D eigenvalue weighted by Crippen LogP contribution is 2.25. The van der Waals surface area contributed by atoms with E-state index in [1.807, 2.05) is 36.4 Å². The van der Waals surface area contributed by atoms with E-state index >= 15 is 0 Å². The van der Waals surface area contributed by atoms with Gasteiger partial charge in [-0.3, -0.25) is 9.36 Å². The molecule has 0 spiro atoms. The maximum Gasteiger partial charge on any atom is 0.257 e. The lowest BCUT2D eigenvalue weighted by Gasteiger charge is -2.22. The van der Waals surface area contributed by atoms with E-state index < -0.39 is 0 Å². The zero-order valence-corrected chi connectivity index (χ0v) is 20.5. The van der Waals surface area contributed by atoms with Crippen LogP contribution in [0.1, 0.15) is 82.8 Å². The number of benzene rings is 2. The van der Waals surface area contributed by atoms with E-state index in [2.05, 4.69) is 56.9 Å². The third-order valence-electron chi connectivity index (χ3n) is 4.52. The average molecular weight is 435 g/mol. The summed E-state index contributed by atoms with van der Waals surface area (Å²) in [5.74, 6) is 0.167. The Balaban J connectivity index is 0.000000645. The average Bonchev–Trinajstić information content (AvgIpc) is 2.78. The highest BCUT2D eigenvalue weighted by molar-refractivity contribution is 5.72. The normalized spacial score (nSPS) is 9.97. The second kappa shape index (κ2) is 14.9. The Morgan fingerprint density at radius 3 is 1.69 bits per heavy atom. The Hall–Kier alpha value is -3.01. The fourth-order valence-electron chi connectivity index (χ4n) is 3.32. The Morgan fingerprint density at radius 1 is 0.875 bits per heavy atom. The number of rotatable bonds is 6. The van der Waals surface area contributed by atoms with Gasteiger partial charge in [-0.2, -0.15) is 0 Å². The standard InChI is InChI=1S/C22H24N2O.C3H6O.C3H8/c1-3-11-19-20(4-2)23-16-24(22(19)25)21(17-12-7-5-8-13-17)18-14-9-6-10-15-18;1-3(2)4;1-3-2/h5-10,12-16,21H,3-4,11H2,1-2H3;1-2H3;3H2,1-2H3. The molecule has 0 atom stereocenters. The first kappa shape index (κ1) is 27.0. The first-order chi connectivity index (χ1) is 15.4. The zero-order chi connectivity index (χ0) is 23.9. The fourth-order valence-corrected chi connectivity index (χ4v) is 3.32. The van der Waals surface area contributed by atoms with Crippen LogP contribution in [0.4, 0.5) is 0 Å². The van der Waals surface area contributed by atoms with Gasteiger partial charge in [-0.15, -0.1) is 0 Å². The van der Waals surface area contributed by atoms with Crippen LogP contribution in [0.5, 0.6) is 0 Å². The Morgan fingerprint density at radius 2 is 1.31 bits per heavy atom. The summed E-state index contributed by atoms with van der Waals surface area (Å²) in [6.07, 6.45) is 5.46. The van der Waals surface area contributed by atoms with Crippen LogP contribution < -0.4 is 5.56 Å². The zero-order valence-electron chi connectivity index (χ0n) is 20.5. The number of aromatic nitrogens is 2. The van der Waals surface area contributed by atoms with Crippen molar-refractivity contribution >= 4 is 5.78 Å². The maximum absolute atomic E-state index is 13.2. The SMILES string of the molecule is CC(C)=O.CCC.CCCc1c(CC)ncn(C(c2ccccc2)c2ccccc2)c1=O. The van der Waals surface area contributed by atoms with Crippen molar-refractivity contribution in [1.29, 1.82) is 0 Å². The van der Waals surface area contributed by atoms with Crippen molar-refractivity contribution < 1.29 is 4.79 Å². The molecular weight excluding hydrogens is 396 g/mol. The molecule has 0 saturated heterocycles. The summed E-state index contributed by atoms with van der Waals surface area (Å²) in [6, 6.07) is 20.1. The second-order valence-corrected chi connectivity index (χ2v) is 7.83. The number of hydrogen-bond acceptors (Lipinski definition) is 3. The second-order valence-electron chi connectivity index (χ2n) is 7.83. The molecule has 4 heteroatoms. The number of aryl methyl sites for hydroxylation is 1. The van der Waals surface area contributed by atoms with Gasteiger partial charge < -0.3 is 4.79 Å². The largest absolute Gasteiger partial charge is 0.300 e. The van der Waals surface area contributed by atoms with Crippen molar-refractivity contribution in [3.63, 3.8) is 0 Å². The molecule has 172 valence electrons. The molecule has 1 aromatic heterocycles. The van der Waals surface area contributed by atoms with Crippen molar-refractivity contribution in [2.75, 3.05) is 0 Å². The van der Waals surface area contributed by atoms with Gasteiger partial charge in [0, 0.05) is 5.56 Å². The molecule has 0 unspecified atom stereocenters. The molecule has 0 bridgehead atoms. The smallest absolute Gasteiger partial charge is 0.257 e. The molecule has 0 amide bonds. The summed E-state index contributed by atoms with van der Waals surface area (Å²) < 4.78 is 1.79. The summed E-state index contributed by atoms with van der Waals surface area (Å²) in [4.78, 5) is 27.3. The van der Waals surface area contributed by atoms with Crippen molar-refractivity contribution in [2.45, 2.75) is 73.3 Å². The lowest BCUT2D eigenvalue weighted by molar-refractivity contribution is -0.114. The Labute approximate surface area is 193 Å². The molecule has 0 aliphatic heterocycles. The van der Waals surface area contributed by atoms with Gasteiger partial charge in [-0.25, -0.2) is 4.98 Å². The van der Waals surface area contributed by atoms with Crippen LogP contribution >= 0.6 is 0 Å². The number of carbonyl (C=O) groups excluding carboxylic acids is 1. The van der Waals surface area contributed by atoms with Crippen LogP contribution in [0, 0.1) is 0 Å². The highest BCUT2D eigenvalue weighted by atomic mass is 16.1. The number of ketones is 1. The van der Waals surface area contributed by atoms with Crippen molar-refractivity contribution in [3.8, 4) is 0 Å². The van der Waals surface area contributed by atoms with Gasteiger partial charge in [0.1, 0.15) is 5.78 Å². The Bertz CT molecular complexity index is 936. The molecule has 4 nitrogen and oxygen atoms in total. The van der Waals surface area contributed by atoms with Crippen LogP contribution in [0.15, 0.2) is 71.8 Å². The van der Waals surface area contributed by atoms with Gasteiger partial charge in [-0.1, -0.05) is 101 Å². The number of Topliss-reactive ketones (excluding diaryl/α,β-unsaturated/α-hetero) is 1. The molecule has 3 aromatic rings. The van der Waals surface area contributed by atoms with Crippen LogP contribution in [-0.2, 0) is 17.6 Å². The van der Waals surface area contributed by atoms with Gasteiger partial charge in [0.2, 0.25) is 0 Å². The first-order valence-electron chi connectivity index (χ1n) is 11.6. The summed E-state index contributed by atoms with van der Waals surface area (Å²) >= 11 is 0. The molecule has 0 aliphatic carbocycles. The van der Waals surface area contributed by atoms with E-state index in [0.717, 1.165) is 41.6 Å².